The minimum atomic E-state index is -0.0683. The highest BCUT2D eigenvalue weighted by atomic mass is 32.2. The zero-order chi connectivity index (χ0) is 20.1. The van der Waals surface area contributed by atoms with Gasteiger partial charge in [0, 0.05) is 29.6 Å². The number of hydrogen-bond donors (Lipinski definition) is 1. The number of carbonyl (C=O) groups excluding carboxylic acids is 1. The average Bonchev–Trinajstić information content (AvgIpc) is 3.38. The van der Waals surface area contributed by atoms with Crippen molar-refractivity contribution in [3.63, 3.8) is 0 Å². The normalized spacial score (nSPS) is 10.8. The van der Waals surface area contributed by atoms with Crippen molar-refractivity contribution in [3.8, 4) is 11.1 Å². The highest BCUT2D eigenvalue weighted by molar-refractivity contribution is 7.99. The van der Waals surface area contributed by atoms with Gasteiger partial charge in [0.1, 0.15) is 5.82 Å². The van der Waals surface area contributed by atoms with E-state index in [1.165, 1.54) is 16.6 Å². The van der Waals surface area contributed by atoms with Crippen molar-refractivity contribution in [2.75, 3.05) is 11.1 Å². The minimum Gasteiger partial charge on any atom is -0.325 e. The Labute approximate surface area is 177 Å². The average molecular weight is 421 g/mol. The van der Waals surface area contributed by atoms with Gasteiger partial charge in [0.25, 0.3) is 0 Å². The van der Waals surface area contributed by atoms with Crippen LogP contribution in [0.15, 0.2) is 77.3 Å². The zero-order valence-corrected chi connectivity index (χ0v) is 17.5. The minimum absolute atomic E-state index is 0.0683. The Morgan fingerprint density at radius 2 is 1.83 bits per heavy atom. The maximum absolute atomic E-state index is 12.6. The molecule has 0 unspecified atom stereocenters. The van der Waals surface area contributed by atoms with Crippen LogP contribution in [0.25, 0.3) is 11.1 Å². The third-order valence-electron chi connectivity index (χ3n) is 4.46. The van der Waals surface area contributed by atoms with Crippen LogP contribution < -0.4 is 5.32 Å². The van der Waals surface area contributed by atoms with Crippen LogP contribution in [0, 0.1) is 0 Å². The van der Waals surface area contributed by atoms with Gasteiger partial charge in [-0.2, -0.15) is 0 Å². The fraction of sp³-hybridized carbons (Fsp3) is 0.136. The molecule has 0 bridgehead atoms. The summed E-state index contributed by atoms with van der Waals surface area (Å²) in [5, 5.41) is 14.3. The van der Waals surface area contributed by atoms with Crippen LogP contribution in [-0.4, -0.2) is 26.4 Å². The lowest BCUT2D eigenvalue weighted by molar-refractivity contribution is -0.113. The molecule has 0 radical (unpaired) electrons. The molecule has 29 heavy (non-hydrogen) atoms. The van der Waals surface area contributed by atoms with E-state index < -0.39 is 0 Å². The number of para-hydroxylation sites is 1. The van der Waals surface area contributed by atoms with Crippen LogP contribution in [0.4, 0.5) is 5.69 Å². The van der Waals surface area contributed by atoms with Gasteiger partial charge in [0.2, 0.25) is 5.91 Å². The van der Waals surface area contributed by atoms with Gasteiger partial charge in [-0.3, -0.25) is 4.79 Å². The summed E-state index contributed by atoms with van der Waals surface area (Å²) < 4.78 is 1.95. The SMILES string of the molecule is Cn1c(Cc2cccs2)nnc1SCC(=O)Nc1ccccc1-c1ccccc1. The summed E-state index contributed by atoms with van der Waals surface area (Å²) in [4.78, 5) is 13.8. The van der Waals surface area contributed by atoms with Gasteiger partial charge in [0.05, 0.1) is 5.75 Å². The van der Waals surface area contributed by atoms with Gasteiger partial charge in [-0.25, -0.2) is 0 Å². The molecule has 0 saturated carbocycles. The van der Waals surface area contributed by atoms with E-state index in [0.29, 0.717) is 0 Å². The fourth-order valence-corrected chi connectivity index (χ4v) is 4.40. The first kappa shape index (κ1) is 19.4. The zero-order valence-electron chi connectivity index (χ0n) is 15.9. The van der Waals surface area contributed by atoms with Crippen LogP contribution in [0.2, 0.25) is 0 Å². The van der Waals surface area contributed by atoms with Crippen molar-refractivity contribution in [2.24, 2.45) is 7.05 Å². The molecule has 4 aromatic rings. The van der Waals surface area contributed by atoms with Crippen LogP contribution in [0.3, 0.4) is 0 Å². The van der Waals surface area contributed by atoms with Gasteiger partial charge in [-0.15, -0.1) is 21.5 Å². The Bertz CT molecular complexity index is 1090. The van der Waals surface area contributed by atoms with E-state index in [4.69, 9.17) is 0 Å². The summed E-state index contributed by atoms with van der Waals surface area (Å²) in [6, 6.07) is 22.0. The molecular formula is C22H20N4OS2. The maximum atomic E-state index is 12.6. The number of thioether (sulfide) groups is 1. The number of thiophene rings is 1. The molecule has 4 rings (SSSR count). The number of anilines is 1. The molecule has 0 atom stereocenters. The van der Waals surface area contributed by atoms with Crippen molar-refractivity contribution < 1.29 is 4.79 Å². The molecule has 2 aromatic carbocycles. The van der Waals surface area contributed by atoms with Crippen molar-refractivity contribution in [2.45, 2.75) is 11.6 Å². The van der Waals surface area contributed by atoms with Crippen LogP contribution in [-0.2, 0) is 18.3 Å². The topological polar surface area (TPSA) is 59.8 Å². The second-order valence-electron chi connectivity index (χ2n) is 6.46. The molecule has 0 aliphatic heterocycles. The molecule has 1 amide bonds. The van der Waals surface area contributed by atoms with Crippen molar-refractivity contribution >= 4 is 34.7 Å². The number of amides is 1. The van der Waals surface area contributed by atoms with E-state index in [-0.39, 0.29) is 11.7 Å². The predicted octanol–water partition coefficient (Wildman–Crippen LogP) is 4.87. The van der Waals surface area contributed by atoms with E-state index in [1.807, 2.05) is 72.3 Å². The summed E-state index contributed by atoms with van der Waals surface area (Å²) in [5.74, 6) is 1.10. The van der Waals surface area contributed by atoms with Gasteiger partial charge in [-0.1, -0.05) is 66.4 Å². The van der Waals surface area contributed by atoms with E-state index in [1.54, 1.807) is 11.3 Å². The Kier molecular flexibility index (Phi) is 6.07. The first-order chi connectivity index (χ1) is 14.2. The molecule has 5 nitrogen and oxygen atoms in total. The van der Waals surface area contributed by atoms with Crippen molar-refractivity contribution in [1.29, 1.82) is 0 Å². The van der Waals surface area contributed by atoms with Crippen LogP contribution in [0.5, 0.6) is 0 Å². The second-order valence-corrected chi connectivity index (χ2v) is 8.44. The molecule has 1 N–H and O–H groups in total. The standard InChI is InChI=1S/C22H20N4OS2/c1-26-20(14-17-10-7-13-28-17)24-25-22(26)29-15-21(27)23-19-12-6-5-11-18(19)16-8-3-2-4-9-16/h2-13H,14-15H2,1H3,(H,23,27). The van der Waals surface area contributed by atoms with Gasteiger partial charge < -0.3 is 9.88 Å². The number of benzene rings is 2. The Morgan fingerprint density at radius 3 is 2.62 bits per heavy atom. The monoisotopic (exact) mass is 420 g/mol. The predicted molar refractivity (Wildman–Crippen MR) is 119 cm³/mol. The largest absolute Gasteiger partial charge is 0.325 e. The van der Waals surface area contributed by atoms with Crippen molar-refractivity contribution in [3.05, 3.63) is 82.8 Å². The summed E-state index contributed by atoms with van der Waals surface area (Å²) in [6.07, 6.45) is 0.748. The highest BCUT2D eigenvalue weighted by Crippen LogP contribution is 2.28. The van der Waals surface area contributed by atoms with E-state index in [2.05, 4.69) is 27.0 Å². The number of hydrogen-bond acceptors (Lipinski definition) is 5. The Balaban J connectivity index is 1.40. The summed E-state index contributed by atoms with van der Waals surface area (Å²) >= 11 is 3.09. The molecular weight excluding hydrogens is 400 g/mol. The fourth-order valence-electron chi connectivity index (χ4n) is 2.97. The smallest absolute Gasteiger partial charge is 0.234 e. The molecule has 0 spiro atoms. The third kappa shape index (κ3) is 4.75. The highest BCUT2D eigenvalue weighted by Gasteiger charge is 2.13. The molecule has 7 heteroatoms. The van der Waals surface area contributed by atoms with E-state index in [0.717, 1.165) is 34.2 Å². The van der Waals surface area contributed by atoms with Gasteiger partial charge >= 0.3 is 0 Å². The lowest BCUT2D eigenvalue weighted by atomic mass is 10.0. The van der Waals surface area contributed by atoms with Crippen LogP contribution >= 0.6 is 23.1 Å². The Morgan fingerprint density at radius 1 is 1.03 bits per heavy atom. The number of nitrogens with zero attached hydrogens (tertiary/aromatic N) is 3. The first-order valence-electron chi connectivity index (χ1n) is 9.18. The number of aromatic nitrogens is 3. The Hall–Kier alpha value is -2.90. The molecule has 0 saturated heterocycles. The van der Waals surface area contributed by atoms with Crippen molar-refractivity contribution in [1.82, 2.24) is 14.8 Å². The molecule has 0 fully saturated rings. The molecule has 2 heterocycles. The first-order valence-corrected chi connectivity index (χ1v) is 11.0. The summed E-state index contributed by atoms with van der Waals surface area (Å²) in [6.45, 7) is 0. The quantitative estimate of drug-likeness (QED) is 0.434. The molecule has 146 valence electrons. The number of carbonyl (C=O) groups is 1. The molecule has 2 aromatic heterocycles. The molecule has 0 aliphatic rings. The second kappa shape index (κ2) is 9.07. The lowest BCUT2D eigenvalue weighted by Gasteiger charge is -2.11. The van der Waals surface area contributed by atoms with Crippen LogP contribution in [0.1, 0.15) is 10.7 Å². The number of nitrogens with one attached hydrogen (secondary N) is 1. The van der Waals surface area contributed by atoms with Gasteiger partial charge in [0.15, 0.2) is 5.16 Å². The van der Waals surface area contributed by atoms with E-state index in [9.17, 15) is 4.79 Å². The lowest BCUT2D eigenvalue weighted by Crippen LogP contribution is -2.15. The molecule has 0 aliphatic carbocycles. The summed E-state index contributed by atoms with van der Waals surface area (Å²) in [5.41, 5.74) is 2.88. The summed E-state index contributed by atoms with van der Waals surface area (Å²) in [7, 11) is 1.94. The van der Waals surface area contributed by atoms with E-state index >= 15 is 0 Å². The maximum Gasteiger partial charge on any atom is 0.234 e. The van der Waals surface area contributed by atoms with Gasteiger partial charge in [-0.05, 0) is 23.1 Å². The number of rotatable bonds is 7. The third-order valence-corrected chi connectivity index (χ3v) is 6.35.